The summed E-state index contributed by atoms with van der Waals surface area (Å²) in [7, 11) is 1.46. The molecule has 2 aromatic rings. The molecule has 1 heterocycles. The molecule has 0 aliphatic carbocycles. The van der Waals surface area contributed by atoms with Gasteiger partial charge in [0.15, 0.2) is 0 Å². The van der Waals surface area contributed by atoms with Crippen LogP contribution in [-0.2, 0) is 6.18 Å². The van der Waals surface area contributed by atoms with Crippen molar-refractivity contribution in [2.75, 3.05) is 12.4 Å². The SMILES string of the molecule is CNc1nc(C(F)(F)F)nn1-c1cc(S)c(C(C)C)cc1Cl. The number of hydrogen-bond donors (Lipinski definition) is 2. The maximum atomic E-state index is 12.8. The van der Waals surface area contributed by atoms with Crippen molar-refractivity contribution < 1.29 is 13.2 Å². The van der Waals surface area contributed by atoms with Crippen molar-refractivity contribution in [3.8, 4) is 5.69 Å². The largest absolute Gasteiger partial charge is 0.453 e. The lowest BCUT2D eigenvalue weighted by Crippen LogP contribution is -2.09. The van der Waals surface area contributed by atoms with E-state index in [0.717, 1.165) is 10.2 Å². The Morgan fingerprint density at radius 3 is 2.45 bits per heavy atom. The molecular formula is C13H14ClF3N4S. The van der Waals surface area contributed by atoms with Crippen molar-refractivity contribution in [2.24, 2.45) is 0 Å². The summed E-state index contributed by atoms with van der Waals surface area (Å²) < 4.78 is 39.3. The Morgan fingerprint density at radius 2 is 1.95 bits per heavy atom. The molecule has 0 amide bonds. The Kier molecular flexibility index (Phi) is 4.62. The maximum absolute atomic E-state index is 12.8. The first-order valence-electron chi connectivity index (χ1n) is 6.40. The smallest absolute Gasteiger partial charge is 0.357 e. The molecule has 9 heteroatoms. The molecule has 0 aliphatic heterocycles. The van der Waals surface area contributed by atoms with Crippen LogP contribution in [0.25, 0.3) is 5.69 Å². The number of nitrogens with zero attached hydrogens (tertiary/aromatic N) is 3. The van der Waals surface area contributed by atoms with Gasteiger partial charge in [0.2, 0.25) is 5.95 Å². The Labute approximate surface area is 136 Å². The molecule has 0 bridgehead atoms. The predicted octanol–water partition coefficient (Wildman–Crippen LogP) is 4.39. The zero-order valence-corrected chi connectivity index (χ0v) is 13.7. The third-order valence-corrected chi connectivity index (χ3v) is 3.72. The van der Waals surface area contributed by atoms with Crippen LogP contribution in [0.15, 0.2) is 17.0 Å². The standard InChI is InChI=1S/C13H14ClF3N4S/c1-6(2)7-4-8(14)9(5-10(7)22)21-12(18-3)19-11(20-21)13(15,16)17/h4-6,22H,1-3H3,(H,18,19,20). The summed E-state index contributed by atoms with van der Waals surface area (Å²) in [5, 5.41) is 6.35. The normalized spacial score (nSPS) is 12.0. The molecule has 120 valence electrons. The van der Waals surface area contributed by atoms with Crippen molar-refractivity contribution in [3.05, 3.63) is 28.5 Å². The number of aromatic nitrogens is 3. The molecule has 0 radical (unpaired) electrons. The van der Waals surface area contributed by atoms with E-state index in [1.165, 1.54) is 7.05 Å². The second kappa shape index (κ2) is 6.00. The zero-order chi connectivity index (χ0) is 16.7. The first-order valence-corrected chi connectivity index (χ1v) is 7.22. The third-order valence-electron chi connectivity index (χ3n) is 3.03. The molecule has 1 aromatic heterocycles. The molecule has 1 N–H and O–H groups in total. The van der Waals surface area contributed by atoms with Gasteiger partial charge < -0.3 is 5.32 Å². The molecule has 4 nitrogen and oxygen atoms in total. The highest BCUT2D eigenvalue weighted by Crippen LogP contribution is 2.34. The van der Waals surface area contributed by atoms with Crippen LogP contribution in [-0.4, -0.2) is 21.8 Å². The molecular weight excluding hydrogens is 337 g/mol. The quantitative estimate of drug-likeness (QED) is 0.807. The van der Waals surface area contributed by atoms with Crippen LogP contribution in [0.1, 0.15) is 31.2 Å². The Balaban J connectivity index is 2.62. The number of hydrogen-bond acceptors (Lipinski definition) is 4. The van der Waals surface area contributed by atoms with Gasteiger partial charge in [0.1, 0.15) is 0 Å². The molecule has 2 rings (SSSR count). The fourth-order valence-electron chi connectivity index (χ4n) is 1.95. The van der Waals surface area contributed by atoms with Crippen LogP contribution < -0.4 is 5.32 Å². The van der Waals surface area contributed by atoms with Gasteiger partial charge in [-0.3, -0.25) is 0 Å². The third kappa shape index (κ3) is 3.17. The van der Waals surface area contributed by atoms with E-state index in [0.29, 0.717) is 4.90 Å². The van der Waals surface area contributed by atoms with Crippen LogP contribution in [0.3, 0.4) is 0 Å². The van der Waals surface area contributed by atoms with Crippen molar-refractivity contribution in [3.63, 3.8) is 0 Å². The van der Waals surface area contributed by atoms with E-state index in [4.69, 9.17) is 11.6 Å². The highest BCUT2D eigenvalue weighted by Gasteiger charge is 2.37. The van der Waals surface area contributed by atoms with E-state index in [2.05, 4.69) is 28.0 Å². The summed E-state index contributed by atoms with van der Waals surface area (Å²) in [6, 6.07) is 3.26. The summed E-state index contributed by atoms with van der Waals surface area (Å²) in [5.74, 6) is -1.11. The molecule has 0 saturated carbocycles. The number of benzene rings is 1. The fourth-order valence-corrected chi connectivity index (χ4v) is 2.65. The van der Waals surface area contributed by atoms with Crippen molar-refractivity contribution in [2.45, 2.75) is 30.8 Å². The van der Waals surface area contributed by atoms with E-state index < -0.39 is 12.0 Å². The van der Waals surface area contributed by atoms with Gasteiger partial charge in [0, 0.05) is 11.9 Å². The average molecular weight is 351 g/mol. The van der Waals surface area contributed by atoms with Gasteiger partial charge >= 0.3 is 6.18 Å². The first kappa shape index (κ1) is 17.0. The van der Waals surface area contributed by atoms with Gasteiger partial charge in [0.25, 0.3) is 5.82 Å². The molecule has 0 aliphatic rings. The number of nitrogens with one attached hydrogen (secondary N) is 1. The topological polar surface area (TPSA) is 42.7 Å². The highest BCUT2D eigenvalue weighted by atomic mass is 35.5. The fraction of sp³-hybridized carbons (Fsp3) is 0.385. The lowest BCUT2D eigenvalue weighted by atomic mass is 10.0. The van der Waals surface area contributed by atoms with Gasteiger partial charge in [-0.15, -0.1) is 17.7 Å². The summed E-state index contributed by atoms with van der Waals surface area (Å²) in [4.78, 5) is 4.06. The summed E-state index contributed by atoms with van der Waals surface area (Å²) in [5.41, 5.74) is 1.18. The number of halogens is 4. The van der Waals surface area contributed by atoms with Crippen LogP contribution >= 0.6 is 24.2 Å². The minimum atomic E-state index is -4.63. The van der Waals surface area contributed by atoms with Crippen molar-refractivity contribution in [1.82, 2.24) is 14.8 Å². The van der Waals surface area contributed by atoms with Gasteiger partial charge in [-0.2, -0.15) is 22.8 Å². The molecule has 0 saturated heterocycles. The second-order valence-electron chi connectivity index (χ2n) is 4.94. The van der Waals surface area contributed by atoms with Crippen LogP contribution in [0.2, 0.25) is 5.02 Å². The van der Waals surface area contributed by atoms with E-state index in [9.17, 15) is 13.2 Å². The van der Waals surface area contributed by atoms with Gasteiger partial charge in [0.05, 0.1) is 10.7 Å². The van der Waals surface area contributed by atoms with Crippen LogP contribution in [0, 0.1) is 0 Å². The summed E-state index contributed by atoms with van der Waals surface area (Å²) in [6.45, 7) is 3.95. The molecule has 1 aromatic carbocycles. The Morgan fingerprint density at radius 1 is 1.32 bits per heavy atom. The van der Waals surface area contributed by atoms with Gasteiger partial charge in [-0.1, -0.05) is 25.4 Å². The average Bonchev–Trinajstić information content (AvgIpc) is 2.84. The number of thiol groups is 1. The highest BCUT2D eigenvalue weighted by molar-refractivity contribution is 7.80. The van der Waals surface area contributed by atoms with E-state index >= 15 is 0 Å². The monoisotopic (exact) mass is 350 g/mol. The Hall–Kier alpha value is -1.41. The minimum Gasteiger partial charge on any atom is -0.357 e. The predicted molar refractivity (Wildman–Crippen MR) is 82.3 cm³/mol. The van der Waals surface area contributed by atoms with Gasteiger partial charge in [-0.05, 0) is 23.6 Å². The zero-order valence-electron chi connectivity index (χ0n) is 12.0. The lowest BCUT2D eigenvalue weighted by Gasteiger charge is -2.14. The van der Waals surface area contributed by atoms with Crippen LogP contribution in [0.5, 0.6) is 0 Å². The van der Waals surface area contributed by atoms with Crippen molar-refractivity contribution >= 4 is 30.2 Å². The Bertz CT molecular complexity index is 697. The molecule has 22 heavy (non-hydrogen) atoms. The van der Waals surface area contributed by atoms with E-state index in [1.54, 1.807) is 12.1 Å². The lowest BCUT2D eigenvalue weighted by molar-refractivity contribution is -0.144. The number of rotatable bonds is 3. The summed E-state index contributed by atoms with van der Waals surface area (Å²) in [6.07, 6.45) is -4.63. The maximum Gasteiger partial charge on any atom is 0.453 e. The molecule has 0 fully saturated rings. The molecule has 0 spiro atoms. The first-order chi connectivity index (χ1) is 10.1. The minimum absolute atomic E-state index is 0.0562. The van der Waals surface area contributed by atoms with Crippen LogP contribution in [0.4, 0.5) is 19.1 Å². The van der Waals surface area contributed by atoms with E-state index in [-0.39, 0.29) is 22.6 Å². The molecule has 0 atom stereocenters. The molecule has 0 unspecified atom stereocenters. The summed E-state index contributed by atoms with van der Waals surface area (Å²) >= 11 is 10.6. The van der Waals surface area contributed by atoms with Crippen molar-refractivity contribution in [1.29, 1.82) is 0 Å². The van der Waals surface area contributed by atoms with E-state index in [1.807, 2.05) is 13.8 Å². The number of anilines is 1. The van der Waals surface area contributed by atoms with Gasteiger partial charge in [-0.25, -0.2) is 0 Å². The number of alkyl halides is 3. The second-order valence-corrected chi connectivity index (χ2v) is 5.82.